The molecular formula is C12H13F3N4O2S2. The number of halogens is 3. The average molecular weight is 366 g/mol. The molecule has 2 heterocycles. The number of ether oxygens (including phenoxy) is 1. The van der Waals surface area contributed by atoms with E-state index in [1.54, 1.807) is 11.3 Å². The second-order valence-corrected chi connectivity index (χ2v) is 6.32. The van der Waals surface area contributed by atoms with Crippen molar-refractivity contribution in [3.63, 3.8) is 0 Å². The van der Waals surface area contributed by atoms with Crippen molar-refractivity contribution in [1.82, 2.24) is 20.1 Å². The first kappa shape index (κ1) is 17.6. The maximum absolute atomic E-state index is 11.9. The van der Waals surface area contributed by atoms with E-state index in [9.17, 15) is 18.0 Å². The van der Waals surface area contributed by atoms with Crippen LogP contribution in [0.5, 0.6) is 0 Å². The summed E-state index contributed by atoms with van der Waals surface area (Å²) >= 11 is 2.88. The molecule has 0 aliphatic carbocycles. The largest absolute Gasteiger partial charge is 0.440 e. The van der Waals surface area contributed by atoms with Gasteiger partial charge in [0.2, 0.25) is 0 Å². The quantitative estimate of drug-likeness (QED) is 0.629. The van der Waals surface area contributed by atoms with Crippen LogP contribution in [0, 0.1) is 0 Å². The van der Waals surface area contributed by atoms with Crippen LogP contribution in [0.3, 0.4) is 0 Å². The summed E-state index contributed by atoms with van der Waals surface area (Å²) in [6.07, 6.45) is -5.62. The molecule has 0 fully saturated rings. The van der Waals surface area contributed by atoms with Gasteiger partial charge in [-0.2, -0.15) is 13.2 Å². The van der Waals surface area contributed by atoms with Gasteiger partial charge in [-0.3, -0.25) is 0 Å². The highest BCUT2D eigenvalue weighted by atomic mass is 32.2. The van der Waals surface area contributed by atoms with E-state index in [4.69, 9.17) is 0 Å². The molecule has 11 heteroatoms. The molecule has 0 saturated heterocycles. The van der Waals surface area contributed by atoms with Crippen molar-refractivity contribution < 1.29 is 22.7 Å². The highest BCUT2D eigenvalue weighted by Gasteiger charge is 2.29. The van der Waals surface area contributed by atoms with E-state index < -0.39 is 18.9 Å². The SMILES string of the molecule is Cn1c(SCCNC(=O)OCC(F)(F)F)nnc1-c1cccs1. The third-order valence-electron chi connectivity index (χ3n) is 2.55. The number of nitrogens with one attached hydrogen (secondary N) is 1. The number of hydrogen-bond donors (Lipinski definition) is 1. The molecule has 1 N–H and O–H groups in total. The Hall–Kier alpha value is -1.75. The van der Waals surface area contributed by atoms with Crippen LogP contribution < -0.4 is 5.32 Å². The summed E-state index contributed by atoms with van der Waals surface area (Å²) in [5.74, 6) is 1.16. The number of thioether (sulfide) groups is 1. The second-order valence-electron chi connectivity index (χ2n) is 4.31. The van der Waals surface area contributed by atoms with Crippen LogP contribution in [0.4, 0.5) is 18.0 Å². The number of thiophene rings is 1. The van der Waals surface area contributed by atoms with Gasteiger partial charge in [-0.05, 0) is 11.4 Å². The minimum absolute atomic E-state index is 0.155. The molecule has 0 unspecified atom stereocenters. The van der Waals surface area contributed by atoms with Crippen molar-refractivity contribution in [3.8, 4) is 10.7 Å². The van der Waals surface area contributed by atoms with Crippen LogP contribution in [0.1, 0.15) is 0 Å². The maximum Gasteiger partial charge on any atom is 0.422 e. The third-order valence-corrected chi connectivity index (χ3v) is 4.43. The average Bonchev–Trinajstić information content (AvgIpc) is 3.11. The van der Waals surface area contributed by atoms with Gasteiger partial charge in [0.1, 0.15) is 0 Å². The highest BCUT2D eigenvalue weighted by Crippen LogP contribution is 2.25. The molecule has 23 heavy (non-hydrogen) atoms. The van der Waals surface area contributed by atoms with Crippen LogP contribution in [0.25, 0.3) is 10.7 Å². The molecule has 2 aromatic heterocycles. The predicted molar refractivity (Wildman–Crippen MR) is 80.4 cm³/mol. The lowest BCUT2D eigenvalue weighted by Crippen LogP contribution is -2.30. The van der Waals surface area contributed by atoms with Crippen LogP contribution in [-0.4, -0.2) is 45.9 Å². The zero-order valence-electron chi connectivity index (χ0n) is 12.0. The molecule has 0 spiro atoms. The molecule has 1 amide bonds. The Balaban J connectivity index is 1.74. The first-order valence-corrected chi connectivity index (χ1v) is 8.27. The minimum Gasteiger partial charge on any atom is -0.440 e. The fourth-order valence-corrected chi connectivity index (χ4v) is 3.06. The van der Waals surface area contributed by atoms with Gasteiger partial charge in [0.15, 0.2) is 17.6 Å². The standard InChI is InChI=1S/C12H13F3N4O2S2/c1-19-9(8-3-2-5-22-8)17-18-10(19)23-6-4-16-11(20)21-7-12(13,14)15/h2-3,5H,4,6-7H2,1H3,(H,16,20). The molecule has 2 rings (SSSR count). The summed E-state index contributed by atoms with van der Waals surface area (Å²) in [5, 5.41) is 13.0. The van der Waals surface area contributed by atoms with Gasteiger partial charge >= 0.3 is 12.3 Å². The molecule has 0 saturated carbocycles. The highest BCUT2D eigenvalue weighted by molar-refractivity contribution is 7.99. The summed E-state index contributed by atoms with van der Waals surface area (Å²) in [7, 11) is 1.82. The number of nitrogens with zero attached hydrogens (tertiary/aromatic N) is 3. The van der Waals surface area contributed by atoms with Gasteiger partial charge in [0.05, 0.1) is 4.88 Å². The van der Waals surface area contributed by atoms with Gasteiger partial charge in [0.25, 0.3) is 0 Å². The van der Waals surface area contributed by atoms with Crippen molar-refractivity contribution >= 4 is 29.2 Å². The Morgan fingerprint density at radius 1 is 1.48 bits per heavy atom. The molecule has 0 aliphatic heterocycles. The Morgan fingerprint density at radius 3 is 2.91 bits per heavy atom. The number of carbonyl (C=O) groups is 1. The van der Waals surface area contributed by atoms with E-state index in [2.05, 4.69) is 20.3 Å². The molecule has 2 aromatic rings. The van der Waals surface area contributed by atoms with Gasteiger partial charge in [-0.1, -0.05) is 17.8 Å². The number of carbonyl (C=O) groups excluding carboxylic acids is 1. The maximum atomic E-state index is 11.9. The fourth-order valence-electron chi connectivity index (χ4n) is 1.55. The van der Waals surface area contributed by atoms with Gasteiger partial charge in [-0.15, -0.1) is 21.5 Å². The van der Waals surface area contributed by atoms with E-state index in [0.717, 1.165) is 10.7 Å². The number of hydrogen-bond acceptors (Lipinski definition) is 6. The van der Waals surface area contributed by atoms with Gasteiger partial charge < -0.3 is 14.6 Å². The Bertz CT molecular complexity index is 643. The first-order chi connectivity index (χ1) is 10.9. The Labute approximate surface area is 138 Å². The lowest BCUT2D eigenvalue weighted by atomic mass is 10.4. The number of rotatable bonds is 6. The lowest BCUT2D eigenvalue weighted by molar-refractivity contribution is -0.160. The van der Waals surface area contributed by atoms with E-state index in [0.29, 0.717) is 10.9 Å². The molecule has 0 radical (unpaired) electrons. The molecule has 126 valence electrons. The van der Waals surface area contributed by atoms with E-state index in [1.165, 1.54) is 11.8 Å². The second kappa shape index (κ2) is 7.68. The van der Waals surface area contributed by atoms with Crippen molar-refractivity contribution in [2.24, 2.45) is 7.05 Å². The van der Waals surface area contributed by atoms with Crippen LogP contribution in [0.2, 0.25) is 0 Å². The summed E-state index contributed by atoms with van der Waals surface area (Å²) in [6.45, 7) is -1.44. The number of alkyl halides is 3. The van der Waals surface area contributed by atoms with Crippen LogP contribution in [-0.2, 0) is 11.8 Å². The van der Waals surface area contributed by atoms with Crippen molar-refractivity contribution in [3.05, 3.63) is 17.5 Å². The zero-order chi connectivity index (χ0) is 16.9. The fraction of sp³-hybridized carbons (Fsp3) is 0.417. The van der Waals surface area contributed by atoms with E-state index in [-0.39, 0.29) is 6.54 Å². The number of aromatic nitrogens is 3. The Morgan fingerprint density at radius 2 is 2.26 bits per heavy atom. The van der Waals surface area contributed by atoms with Crippen LogP contribution >= 0.6 is 23.1 Å². The summed E-state index contributed by atoms with van der Waals surface area (Å²) in [6, 6.07) is 3.85. The molecule has 0 bridgehead atoms. The number of alkyl carbamates (subject to hydrolysis) is 1. The van der Waals surface area contributed by atoms with Crippen molar-refractivity contribution in [2.45, 2.75) is 11.3 Å². The van der Waals surface area contributed by atoms with Crippen molar-refractivity contribution in [1.29, 1.82) is 0 Å². The predicted octanol–water partition coefficient (Wildman–Crippen LogP) is 2.92. The number of amides is 1. The van der Waals surface area contributed by atoms with Crippen molar-refractivity contribution in [2.75, 3.05) is 18.9 Å². The molecular weight excluding hydrogens is 353 g/mol. The lowest BCUT2D eigenvalue weighted by Gasteiger charge is -2.08. The van der Waals surface area contributed by atoms with Gasteiger partial charge in [-0.25, -0.2) is 4.79 Å². The summed E-state index contributed by atoms with van der Waals surface area (Å²) < 4.78 is 41.4. The molecule has 6 nitrogen and oxygen atoms in total. The minimum atomic E-state index is -4.52. The van der Waals surface area contributed by atoms with Gasteiger partial charge in [0, 0.05) is 19.3 Å². The smallest absolute Gasteiger partial charge is 0.422 e. The molecule has 0 aliphatic rings. The first-order valence-electron chi connectivity index (χ1n) is 6.40. The topological polar surface area (TPSA) is 69.0 Å². The summed E-state index contributed by atoms with van der Waals surface area (Å²) in [4.78, 5) is 12.0. The Kier molecular flexibility index (Phi) is 5.88. The van der Waals surface area contributed by atoms with Crippen LogP contribution in [0.15, 0.2) is 22.7 Å². The molecule has 0 atom stereocenters. The summed E-state index contributed by atoms with van der Waals surface area (Å²) in [5.41, 5.74) is 0. The third kappa shape index (κ3) is 5.43. The zero-order valence-corrected chi connectivity index (χ0v) is 13.6. The van der Waals surface area contributed by atoms with E-state index >= 15 is 0 Å². The normalized spacial score (nSPS) is 11.5. The monoisotopic (exact) mass is 366 g/mol. The van der Waals surface area contributed by atoms with E-state index in [1.807, 2.05) is 29.1 Å². The molecule has 0 aromatic carbocycles.